The van der Waals surface area contributed by atoms with Gasteiger partial charge in [-0.2, -0.15) is 0 Å². The van der Waals surface area contributed by atoms with E-state index in [1.54, 1.807) is 0 Å². The highest BCUT2D eigenvalue weighted by Crippen LogP contribution is 2.31. The van der Waals surface area contributed by atoms with Crippen molar-refractivity contribution in [2.45, 2.75) is 24.8 Å². The normalized spacial score (nSPS) is 27.4. The van der Waals surface area contributed by atoms with Gasteiger partial charge in [0.1, 0.15) is 11.3 Å². The first-order valence-corrected chi connectivity index (χ1v) is 7.05. The highest BCUT2D eigenvalue weighted by molar-refractivity contribution is 5.71. The maximum atomic E-state index is 5.56. The van der Waals surface area contributed by atoms with E-state index in [9.17, 15) is 0 Å². The molecule has 1 N–H and O–H groups in total. The Bertz CT molecular complexity index is 582. The molecule has 0 aliphatic carbocycles. The molecule has 0 spiro atoms. The molecule has 0 radical (unpaired) electrons. The number of nitrogens with one attached hydrogen (secondary N) is 1. The Morgan fingerprint density at radius 2 is 2.37 bits per heavy atom. The van der Waals surface area contributed by atoms with Gasteiger partial charge in [-0.15, -0.1) is 0 Å². The summed E-state index contributed by atoms with van der Waals surface area (Å²) in [5.41, 5.74) is 2.02. The summed E-state index contributed by atoms with van der Waals surface area (Å²) in [7, 11) is 0. The predicted molar refractivity (Wildman–Crippen MR) is 72.2 cm³/mol. The van der Waals surface area contributed by atoms with Crippen molar-refractivity contribution in [1.29, 1.82) is 0 Å². The fourth-order valence-corrected chi connectivity index (χ4v) is 3.20. The van der Waals surface area contributed by atoms with Gasteiger partial charge in [-0.25, -0.2) is 9.97 Å². The number of pyridine rings is 1. The van der Waals surface area contributed by atoms with Crippen molar-refractivity contribution >= 4 is 11.2 Å². The van der Waals surface area contributed by atoms with E-state index < -0.39 is 0 Å². The van der Waals surface area contributed by atoms with Crippen molar-refractivity contribution in [2.24, 2.45) is 0 Å². The standard InChI is InChI=1S/C14H18N4O/c1-2-12-14(16-5-1)18(11-4-7-19-9-11)13(17-12)10-3-6-15-8-10/h1-2,5,10-11,15H,3-4,6-9H2. The van der Waals surface area contributed by atoms with Crippen LogP contribution in [0.4, 0.5) is 0 Å². The van der Waals surface area contributed by atoms with Gasteiger partial charge in [0.25, 0.3) is 0 Å². The first-order chi connectivity index (χ1) is 9.43. The van der Waals surface area contributed by atoms with Crippen LogP contribution in [-0.4, -0.2) is 40.8 Å². The molecule has 4 rings (SSSR count). The van der Waals surface area contributed by atoms with E-state index in [-0.39, 0.29) is 0 Å². The molecule has 2 fully saturated rings. The molecule has 0 amide bonds. The number of fused-ring (bicyclic) bond motifs is 1. The first kappa shape index (κ1) is 11.4. The van der Waals surface area contributed by atoms with E-state index in [0.717, 1.165) is 50.3 Å². The molecule has 2 aliphatic rings. The largest absolute Gasteiger partial charge is 0.379 e. The molecule has 2 saturated heterocycles. The van der Waals surface area contributed by atoms with Crippen LogP contribution in [0, 0.1) is 0 Å². The second-order valence-corrected chi connectivity index (χ2v) is 5.39. The molecule has 5 nitrogen and oxygen atoms in total. The summed E-state index contributed by atoms with van der Waals surface area (Å²) in [4.78, 5) is 9.39. The Labute approximate surface area is 112 Å². The van der Waals surface area contributed by atoms with Crippen molar-refractivity contribution in [3.05, 3.63) is 24.2 Å². The Morgan fingerprint density at radius 3 is 3.16 bits per heavy atom. The molecule has 0 aromatic carbocycles. The molecular formula is C14H18N4O. The van der Waals surface area contributed by atoms with E-state index in [4.69, 9.17) is 9.72 Å². The van der Waals surface area contributed by atoms with Crippen LogP contribution in [-0.2, 0) is 4.74 Å². The zero-order valence-electron chi connectivity index (χ0n) is 10.9. The number of aromatic nitrogens is 3. The SMILES string of the molecule is c1cnc2c(c1)nc(C1CCNC1)n2C1CCOC1. The van der Waals surface area contributed by atoms with Crippen molar-refractivity contribution in [2.75, 3.05) is 26.3 Å². The molecular weight excluding hydrogens is 240 g/mol. The van der Waals surface area contributed by atoms with Crippen LogP contribution in [0.3, 0.4) is 0 Å². The van der Waals surface area contributed by atoms with Crippen LogP contribution in [0.1, 0.15) is 30.6 Å². The van der Waals surface area contributed by atoms with Crippen molar-refractivity contribution in [3.63, 3.8) is 0 Å². The van der Waals surface area contributed by atoms with Gasteiger partial charge in [0.05, 0.1) is 12.6 Å². The van der Waals surface area contributed by atoms with Gasteiger partial charge in [0.15, 0.2) is 5.65 Å². The van der Waals surface area contributed by atoms with Gasteiger partial charge in [0, 0.05) is 25.3 Å². The maximum absolute atomic E-state index is 5.56. The molecule has 0 bridgehead atoms. The summed E-state index contributed by atoms with van der Waals surface area (Å²) in [5, 5.41) is 3.43. The maximum Gasteiger partial charge on any atom is 0.160 e. The Kier molecular flexibility index (Phi) is 2.74. The predicted octanol–water partition coefficient (Wildman–Crippen LogP) is 1.47. The third-order valence-electron chi connectivity index (χ3n) is 4.17. The van der Waals surface area contributed by atoms with Crippen LogP contribution in [0.15, 0.2) is 18.3 Å². The Hall–Kier alpha value is -1.46. The van der Waals surface area contributed by atoms with E-state index in [2.05, 4.69) is 20.9 Å². The van der Waals surface area contributed by atoms with Gasteiger partial charge in [-0.1, -0.05) is 0 Å². The van der Waals surface area contributed by atoms with Crippen LogP contribution in [0.25, 0.3) is 11.2 Å². The highest BCUT2D eigenvalue weighted by atomic mass is 16.5. The van der Waals surface area contributed by atoms with Gasteiger partial charge < -0.3 is 14.6 Å². The molecule has 5 heteroatoms. The molecule has 19 heavy (non-hydrogen) atoms. The van der Waals surface area contributed by atoms with E-state index in [1.807, 2.05) is 12.3 Å². The van der Waals surface area contributed by atoms with Crippen LogP contribution in [0.5, 0.6) is 0 Å². The highest BCUT2D eigenvalue weighted by Gasteiger charge is 2.29. The number of imidazole rings is 1. The van der Waals surface area contributed by atoms with Crippen molar-refractivity contribution in [3.8, 4) is 0 Å². The van der Waals surface area contributed by atoms with E-state index in [0.29, 0.717) is 12.0 Å². The molecule has 100 valence electrons. The quantitative estimate of drug-likeness (QED) is 0.886. The fraction of sp³-hybridized carbons (Fsp3) is 0.571. The fourth-order valence-electron chi connectivity index (χ4n) is 3.20. The van der Waals surface area contributed by atoms with E-state index >= 15 is 0 Å². The first-order valence-electron chi connectivity index (χ1n) is 7.05. The third kappa shape index (κ3) is 1.84. The second-order valence-electron chi connectivity index (χ2n) is 5.39. The number of rotatable bonds is 2. The number of hydrogen-bond acceptors (Lipinski definition) is 4. The average molecular weight is 258 g/mol. The average Bonchev–Trinajstić information content (AvgIpc) is 3.17. The molecule has 4 heterocycles. The second kappa shape index (κ2) is 4.58. The lowest BCUT2D eigenvalue weighted by atomic mass is 10.1. The third-order valence-corrected chi connectivity index (χ3v) is 4.17. The topological polar surface area (TPSA) is 52.0 Å². The van der Waals surface area contributed by atoms with E-state index in [1.165, 1.54) is 5.82 Å². The molecule has 2 aliphatic heterocycles. The minimum absolute atomic E-state index is 0.399. The smallest absolute Gasteiger partial charge is 0.160 e. The number of nitrogens with zero attached hydrogens (tertiary/aromatic N) is 3. The monoisotopic (exact) mass is 258 g/mol. The zero-order valence-corrected chi connectivity index (χ0v) is 10.9. The van der Waals surface area contributed by atoms with Crippen molar-refractivity contribution in [1.82, 2.24) is 19.9 Å². The summed E-state index contributed by atoms with van der Waals surface area (Å²) in [6.45, 7) is 3.74. The summed E-state index contributed by atoms with van der Waals surface area (Å²) < 4.78 is 7.89. The lowest BCUT2D eigenvalue weighted by molar-refractivity contribution is 0.186. The number of hydrogen-bond donors (Lipinski definition) is 1. The van der Waals surface area contributed by atoms with Crippen LogP contribution >= 0.6 is 0 Å². The van der Waals surface area contributed by atoms with Gasteiger partial charge in [0.2, 0.25) is 0 Å². The summed E-state index contributed by atoms with van der Waals surface area (Å²) in [5.74, 6) is 1.70. The zero-order chi connectivity index (χ0) is 12.7. The van der Waals surface area contributed by atoms with Crippen LogP contribution in [0.2, 0.25) is 0 Å². The van der Waals surface area contributed by atoms with Crippen LogP contribution < -0.4 is 5.32 Å². The molecule has 2 atom stereocenters. The summed E-state index contributed by atoms with van der Waals surface area (Å²) in [6, 6.07) is 4.41. The Morgan fingerprint density at radius 1 is 1.37 bits per heavy atom. The number of ether oxygens (including phenoxy) is 1. The van der Waals surface area contributed by atoms with Gasteiger partial charge in [-0.05, 0) is 31.5 Å². The van der Waals surface area contributed by atoms with Gasteiger partial charge >= 0.3 is 0 Å². The molecule has 2 aromatic rings. The van der Waals surface area contributed by atoms with Gasteiger partial charge in [-0.3, -0.25) is 0 Å². The summed E-state index contributed by atoms with van der Waals surface area (Å²) in [6.07, 6.45) is 4.08. The lowest BCUT2D eigenvalue weighted by Crippen LogP contribution is -2.17. The molecule has 2 aromatic heterocycles. The minimum atomic E-state index is 0.399. The minimum Gasteiger partial charge on any atom is -0.379 e. The lowest BCUT2D eigenvalue weighted by Gasteiger charge is -2.17. The van der Waals surface area contributed by atoms with Crippen molar-refractivity contribution < 1.29 is 4.74 Å². The Balaban J connectivity index is 1.87. The molecule has 2 unspecified atom stereocenters. The molecule has 0 saturated carbocycles. The summed E-state index contributed by atoms with van der Waals surface area (Å²) >= 11 is 0.